The molecule has 0 fully saturated rings. The van der Waals surface area contributed by atoms with Gasteiger partial charge in [0.1, 0.15) is 11.5 Å². The van der Waals surface area contributed by atoms with Crippen LogP contribution in [0.25, 0.3) is 6.08 Å². The Balaban J connectivity index is 3.07. The molecular weight excluding hydrogens is 260 g/mol. The summed E-state index contributed by atoms with van der Waals surface area (Å²) in [6, 6.07) is 3.38. The molecule has 0 aliphatic carbocycles. The molecule has 0 N–H and O–H groups in total. The van der Waals surface area contributed by atoms with Crippen molar-refractivity contribution in [2.45, 2.75) is 13.3 Å². The molecule has 0 aliphatic heterocycles. The summed E-state index contributed by atoms with van der Waals surface area (Å²) in [6.07, 6.45) is 2.84. The minimum Gasteiger partial charge on any atom is -0.496 e. The molecular formula is C15H18O5. The van der Waals surface area contributed by atoms with E-state index in [-0.39, 0.29) is 18.0 Å². The lowest BCUT2D eigenvalue weighted by molar-refractivity contribution is -0.123. The molecule has 0 saturated carbocycles. The predicted molar refractivity (Wildman–Crippen MR) is 75.4 cm³/mol. The Morgan fingerprint density at radius 3 is 2.05 bits per heavy atom. The molecule has 108 valence electrons. The maximum atomic E-state index is 11.5. The largest absolute Gasteiger partial charge is 0.496 e. The lowest BCUT2D eigenvalue weighted by atomic mass is 10.1. The third kappa shape index (κ3) is 4.12. The van der Waals surface area contributed by atoms with Crippen LogP contribution in [0, 0.1) is 0 Å². The number of allylic oxidation sites excluding steroid dienone is 1. The van der Waals surface area contributed by atoms with Crippen LogP contribution < -0.4 is 14.2 Å². The molecule has 0 bridgehead atoms. The first-order valence-corrected chi connectivity index (χ1v) is 6.02. The van der Waals surface area contributed by atoms with E-state index in [1.165, 1.54) is 34.3 Å². The average Bonchev–Trinajstić information content (AvgIpc) is 2.43. The first-order valence-electron chi connectivity index (χ1n) is 6.02. The molecule has 0 heterocycles. The molecule has 0 aliphatic rings. The molecule has 0 atom stereocenters. The molecule has 20 heavy (non-hydrogen) atoms. The van der Waals surface area contributed by atoms with E-state index in [0.717, 1.165) is 0 Å². The van der Waals surface area contributed by atoms with E-state index in [1.807, 2.05) is 0 Å². The predicted octanol–water partition coefficient (Wildman–Crippen LogP) is 2.27. The Morgan fingerprint density at radius 2 is 1.55 bits per heavy atom. The fraction of sp³-hybridized carbons (Fsp3) is 0.333. The second-order valence-corrected chi connectivity index (χ2v) is 4.13. The Hall–Kier alpha value is -2.30. The molecule has 0 saturated heterocycles. The fourth-order valence-corrected chi connectivity index (χ4v) is 1.67. The number of carbonyl (C=O) groups is 2. The zero-order valence-electron chi connectivity index (χ0n) is 12.1. The maximum absolute atomic E-state index is 11.5. The minimum absolute atomic E-state index is 0.105. The highest BCUT2D eigenvalue weighted by Crippen LogP contribution is 2.35. The number of ether oxygens (including phenoxy) is 3. The van der Waals surface area contributed by atoms with Gasteiger partial charge in [0.2, 0.25) is 0 Å². The summed E-state index contributed by atoms with van der Waals surface area (Å²) in [7, 11) is 4.58. The molecule has 0 aromatic heterocycles. The topological polar surface area (TPSA) is 61.8 Å². The molecule has 1 aromatic rings. The van der Waals surface area contributed by atoms with Gasteiger partial charge in [-0.3, -0.25) is 9.59 Å². The highest BCUT2D eigenvalue weighted by molar-refractivity contribution is 6.05. The first-order chi connectivity index (χ1) is 9.51. The van der Waals surface area contributed by atoms with Gasteiger partial charge in [-0.2, -0.15) is 0 Å². The van der Waals surface area contributed by atoms with Crippen molar-refractivity contribution in [2.75, 3.05) is 21.3 Å². The van der Waals surface area contributed by atoms with Crippen LogP contribution in [0.15, 0.2) is 18.2 Å². The van der Waals surface area contributed by atoms with Gasteiger partial charge in [0.15, 0.2) is 17.3 Å². The van der Waals surface area contributed by atoms with Gasteiger partial charge in [-0.05, 0) is 25.1 Å². The van der Waals surface area contributed by atoms with E-state index in [1.54, 1.807) is 18.2 Å². The summed E-state index contributed by atoms with van der Waals surface area (Å²) >= 11 is 0. The molecule has 1 aromatic carbocycles. The van der Waals surface area contributed by atoms with Crippen molar-refractivity contribution in [2.24, 2.45) is 0 Å². The molecule has 1 rings (SSSR count). The third-order valence-corrected chi connectivity index (χ3v) is 2.61. The third-order valence-electron chi connectivity index (χ3n) is 2.61. The summed E-state index contributed by atoms with van der Waals surface area (Å²) in [6.45, 7) is 1.38. The number of hydrogen-bond donors (Lipinski definition) is 0. The van der Waals surface area contributed by atoms with Crippen molar-refractivity contribution in [1.29, 1.82) is 0 Å². The van der Waals surface area contributed by atoms with Crippen LogP contribution in [-0.2, 0) is 9.59 Å². The Labute approximate surface area is 118 Å². The second-order valence-electron chi connectivity index (χ2n) is 4.13. The van der Waals surface area contributed by atoms with Crippen molar-refractivity contribution in [1.82, 2.24) is 0 Å². The van der Waals surface area contributed by atoms with Gasteiger partial charge in [-0.15, -0.1) is 0 Å². The van der Waals surface area contributed by atoms with E-state index in [4.69, 9.17) is 14.2 Å². The minimum atomic E-state index is -0.255. The van der Waals surface area contributed by atoms with Gasteiger partial charge < -0.3 is 14.2 Å². The number of hydrogen-bond acceptors (Lipinski definition) is 5. The zero-order valence-corrected chi connectivity index (χ0v) is 12.1. The fourth-order valence-electron chi connectivity index (χ4n) is 1.67. The molecule has 0 spiro atoms. The number of benzene rings is 1. The van der Waals surface area contributed by atoms with Crippen molar-refractivity contribution in [3.8, 4) is 17.2 Å². The number of carbonyl (C=O) groups excluding carboxylic acids is 2. The number of ketones is 2. The van der Waals surface area contributed by atoms with Crippen LogP contribution >= 0.6 is 0 Å². The van der Waals surface area contributed by atoms with E-state index in [2.05, 4.69) is 0 Å². The van der Waals surface area contributed by atoms with Gasteiger partial charge in [0, 0.05) is 11.6 Å². The van der Waals surface area contributed by atoms with Gasteiger partial charge in [0.05, 0.1) is 27.8 Å². The smallest absolute Gasteiger partial charge is 0.164 e. The zero-order chi connectivity index (χ0) is 15.1. The molecule has 5 nitrogen and oxygen atoms in total. The maximum Gasteiger partial charge on any atom is 0.164 e. The highest BCUT2D eigenvalue weighted by atomic mass is 16.5. The molecule has 0 unspecified atom stereocenters. The summed E-state index contributed by atoms with van der Waals surface area (Å²) in [5, 5.41) is 0. The summed E-state index contributed by atoms with van der Waals surface area (Å²) in [5.41, 5.74) is 0.669. The SMILES string of the molecule is COc1cc(OC)c(OC)cc1/C=C/C(=O)CC(C)=O. The van der Waals surface area contributed by atoms with E-state index in [0.29, 0.717) is 22.8 Å². The summed E-state index contributed by atoms with van der Waals surface area (Å²) in [4.78, 5) is 22.4. The lowest BCUT2D eigenvalue weighted by Crippen LogP contribution is -2.00. The quantitative estimate of drug-likeness (QED) is 0.565. The van der Waals surface area contributed by atoms with Crippen molar-refractivity contribution < 1.29 is 23.8 Å². The van der Waals surface area contributed by atoms with Crippen LogP contribution in [0.2, 0.25) is 0 Å². The van der Waals surface area contributed by atoms with Crippen molar-refractivity contribution >= 4 is 17.6 Å². The van der Waals surface area contributed by atoms with Crippen LogP contribution in [-0.4, -0.2) is 32.9 Å². The van der Waals surface area contributed by atoms with E-state index >= 15 is 0 Å². The monoisotopic (exact) mass is 278 g/mol. The number of methoxy groups -OCH3 is 3. The number of Topliss-reactive ketones (excluding diaryl/α,β-unsaturated/α-hetero) is 1. The van der Waals surface area contributed by atoms with Crippen LogP contribution in [0.1, 0.15) is 18.9 Å². The highest BCUT2D eigenvalue weighted by Gasteiger charge is 2.10. The number of rotatable bonds is 7. The Bertz CT molecular complexity index is 531. The van der Waals surface area contributed by atoms with Crippen LogP contribution in [0.3, 0.4) is 0 Å². The van der Waals surface area contributed by atoms with E-state index < -0.39 is 0 Å². The van der Waals surface area contributed by atoms with Gasteiger partial charge in [-0.25, -0.2) is 0 Å². The summed E-state index contributed by atoms with van der Waals surface area (Å²) < 4.78 is 15.6. The standard InChI is InChI=1S/C15H18O5/c1-10(16)7-12(17)6-5-11-8-14(19-3)15(20-4)9-13(11)18-2/h5-6,8-9H,7H2,1-4H3/b6-5+. The van der Waals surface area contributed by atoms with Gasteiger partial charge in [-0.1, -0.05) is 0 Å². The summed E-state index contributed by atoms with van der Waals surface area (Å²) in [5.74, 6) is 1.20. The molecule has 5 heteroatoms. The van der Waals surface area contributed by atoms with Crippen LogP contribution in [0.4, 0.5) is 0 Å². The second kappa shape index (κ2) is 7.33. The van der Waals surface area contributed by atoms with Gasteiger partial charge in [0.25, 0.3) is 0 Å². The van der Waals surface area contributed by atoms with Crippen LogP contribution in [0.5, 0.6) is 17.2 Å². The molecule has 0 radical (unpaired) electrons. The van der Waals surface area contributed by atoms with Crippen molar-refractivity contribution in [3.63, 3.8) is 0 Å². The molecule has 0 amide bonds. The Morgan fingerprint density at radius 1 is 1.00 bits per heavy atom. The lowest BCUT2D eigenvalue weighted by Gasteiger charge is -2.12. The van der Waals surface area contributed by atoms with Gasteiger partial charge >= 0.3 is 0 Å². The average molecular weight is 278 g/mol. The normalized spacial score (nSPS) is 10.4. The Kier molecular flexibility index (Phi) is 5.77. The van der Waals surface area contributed by atoms with Crippen molar-refractivity contribution in [3.05, 3.63) is 23.8 Å². The van der Waals surface area contributed by atoms with E-state index in [9.17, 15) is 9.59 Å². The first kappa shape index (κ1) is 15.8.